The Kier molecular flexibility index (Phi) is 2.10. The quantitative estimate of drug-likeness (QED) is 0.709. The van der Waals surface area contributed by atoms with E-state index >= 15 is 0 Å². The predicted molar refractivity (Wildman–Crippen MR) is 58.3 cm³/mol. The minimum Gasteiger partial charge on any atom is -0.316 e. The van der Waals surface area contributed by atoms with Gasteiger partial charge in [-0.2, -0.15) is 0 Å². The van der Waals surface area contributed by atoms with E-state index in [2.05, 4.69) is 17.6 Å². The molecule has 80 valence electrons. The third-order valence-electron chi connectivity index (χ3n) is 4.49. The molecule has 3 unspecified atom stereocenters. The SMILES string of the molecule is CC1(CNCC2CC3CCC2N3)CC1. The van der Waals surface area contributed by atoms with Crippen LogP contribution >= 0.6 is 0 Å². The van der Waals surface area contributed by atoms with Gasteiger partial charge in [0.2, 0.25) is 0 Å². The minimum absolute atomic E-state index is 0.672. The fourth-order valence-corrected chi connectivity index (χ4v) is 3.11. The third kappa shape index (κ3) is 1.70. The maximum Gasteiger partial charge on any atom is 0.0111 e. The van der Waals surface area contributed by atoms with Crippen molar-refractivity contribution in [2.24, 2.45) is 11.3 Å². The summed E-state index contributed by atoms with van der Waals surface area (Å²) >= 11 is 0. The Morgan fingerprint density at radius 2 is 2.21 bits per heavy atom. The van der Waals surface area contributed by atoms with Crippen molar-refractivity contribution in [2.75, 3.05) is 13.1 Å². The Balaban J connectivity index is 1.41. The molecule has 2 bridgehead atoms. The van der Waals surface area contributed by atoms with Crippen LogP contribution in [0.2, 0.25) is 0 Å². The van der Waals surface area contributed by atoms with E-state index < -0.39 is 0 Å². The summed E-state index contributed by atoms with van der Waals surface area (Å²) in [6.07, 6.45) is 7.16. The van der Waals surface area contributed by atoms with Crippen LogP contribution in [0.1, 0.15) is 39.0 Å². The smallest absolute Gasteiger partial charge is 0.0111 e. The lowest BCUT2D eigenvalue weighted by Gasteiger charge is -2.21. The average Bonchev–Trinajstić information content (AvgIpc) is 2.65. The molecular weight excluding hydrogens is 172 g/mol. The van der Waals surface area contributed by atoms with Crippen molar-refractivity contribution in [3.63, 3.8) is 0 Å². The maximum atomic E-state index is 3.70. The monoisotopic (exact) mass is 194 g/mol. The minimum atomic E-state index is 0.672. The first-order valence-corrected chi connectivity index (χ1v) is 6.22. The van der Waals surface area contributed by atoms with Crippen LogP contribution in [0.15, 0.2) is 0 Å². The van der Waals surface area contributed by atoms with Crippen LogP contribution < -0.4 is 10.6 Å². The zero-order valence-electron chi connectivity index (χ0n) is 9.18. The molecule has 0 spiro atoms. The van der Waals surface area contributed by atoms with Crippen LogP contribution in [-0.2, 0) is 0 Å². The van der Waals surface area contributed by atoms with Gasteiger partial charge in [0.25, 0.3) is 0 Å². The van der Waals surface area contributed by atoms with Crippen molar-refractivity contribution in [1.82, 2.24) is 10.6 Å². The standard InChI is InChI=1S/C12H22N2/c1-12(4-5-12)8-13-7-9-6-10-2-3-11(9)14-10/h9-11,13-14H,2-8H2,1H3. The second kappa shape index (κ2) is 3.21. The summed E-state index contributed by atoms with van der Waals surface area (Å²) in [5.41, 5.74) is 0.672. The highest BCUT2D eigenvalue weighted by Crippen LogP contribution is 2.44. The number of fused-ring (bicyclic) bond motifs is 2. The zero-order chi connectivity index (χ0) is 9.60. The largest absolute Gasteiger partial charge is 0.316 e. The molecule has 2 aliphatic heterocycles. The molecule has 0 aromatic heterocycles. The molecule has 3 rings (SSSR count). The molecule has 2 nitrogen and oxygen atoms in total. The maximum absolute atomic E-state index is 3.70. The van der Waals surface area contributed by atoms with E-state index in [4.69, 9.17) is 0 Å². The van der Waals surface area contributed by atoms with Crippen molar-refractivity contribution in [2.45, 2.75) is 51.1 Å². The van der Waals surface area contributed by atoms with E-state index in [1.54, 1.807) is 0 Å². The van der Waals surface area contributed by atoms with Crippen LogP contribution in [-0.4, -0.2) is 25.2 Å². The van der Waals surface area contributed by atoms with Crippen LogP contribution in [0.25, 0.3) is 0 Å². The molecule has 14 heavy (non-hydrogen) atoms. The number of hydrogen-bond acceptors (Lipinski definition) is 2. The van der Waals surface area contributed by atoms with Gasteiger partial charge in [-0.05, 0) is 50.0 Å². The topological polar surface area (TPSA) is 24.1 Å². The van der Waals surface area contributed by atoms with E-state index in [0.29, 0.717) is 5.41 Å². The van der Waals surface area contributed by atoms with Crippen molar-refractivity contribution in [3.05, 3.63) is 0 Å². The van der Waals surface area contributed by atoms with E-state index in [-0.39, 0.29) is 0 Å². The molecule has 1 saturated carbocycles. The van der Waals surface area contributed by atoms with Crippen molar-refractivity contribution >= 4 is 0 Å². The number of rotatable bonds is 4. The van der Waals surface area contributed by atoms with Crippen molar-refractivity contribution in [1.29, 1.82) is 0 Å². The molecule has 0 radical (unpaired) electrons. The number of nitrogens with one attached hydrogen (secondary N) is 2. The van der Waals surface area contributed by atoms with E-state index in [1.165, 1.54) is 45.2 Å². The first-order valence-electron chi connectivity index (χ1n) is 6.22. The molecule has 0 aromatic carbocycles. The fourth-order valence-electron chi connectivity index (χ4n) is 3.11. The lowest BCUT2D eigenvalue weighted by atomic mass is 9.89. The van der Waals surface area contributed by atoms with Gasteiger partial charge in [0.05, 0.1) is 0 Å². The van der Waals surface area contributed by atoms with Gasteiger partial charge >= 0.3 is 0 Å². The molecule has 3 fully saturated rings. The van der Waals surface area contributed by atoms with Crippen LogP contribution in [0.5, 0.6) is 0 Å². The molecular formula is C12H22N2. The van der Waals surface area contributed by atoms with Gasteiger partial charge in [-0.3, -0.25) is 0 Å². The first-order chi connectivity index (χ1) is 6.75. The Morgan fingerprint density at radius 3 is 2.79 bits per heavy atom. The van der Waals surface area contributed by atoms with E-state index in [0.717, 1.165) is 18.0 Å². The zero-order valence-corrected chi connectivity index (χ0v) is 9.18. The summed E-state index contributed by atoms with van der Waals surface area (Å²) < 4.78 is 0. The second-order valence-corrected chi connectivity index (χ2v) is 5.98. The van der Waals surface area contributed by atoms with Crippen LogP contribution in [0, 0.1) is 11.3 Å². The van der Waals surface area contributed by atoms with E-state index in [1.807, 2.05) is 0 Å². The molecule has 2 heterocycles. The Bertz CT molecular complexity index is 222. The normalized spacial score (nSPS) is 43.1. The molecule has 0 aromatic rings. The molecule has 2 N–H and O–H groups in total. The highest BCUT2D eigenvalue weighted by atomic mass is 15.0. The molecule has 2 saturated heterocycles. The summed E-state index contributed by atoms with van der Waals surface area (Å²) in [6, 6.07) is 1.71. The summed E-state index contributed by atoms with van der Waals surface area (Å²) in [5, 5.41) is 7.38. The van der Waals surface area contributed by atoms with Crippen molar-refractivity contribution < 1.29 is 0 Å². The molecule has 0 amide bonds. The first kappa shape index (κ1) is 9.17. The van der Waals surface area contributed by atoms with E-state index in [9.17, 15) is 0 Å². The molecule has 2 heteroatoms. The summed E-state index contributed by atoms with van der Waals surface area (Å²) in [4.78, 5) is 0. The predicted octanol–water partition coefficient (Wildman–Crippen LogP) is 1.52. The Morgan fingerprint density at radius 1 is 1.36 bits per heavy atom. The highest BCUT2D eigenvalue weighted by molar-refractivity contribution is 4.98. The Hall–Kier alpha value is -0.0800. The van der Waals surface area contributed by atoms with Crippen LogP contribution in [0.4, 0.5) is 0 Å². The fraction of sp³-hybridized carbons (Fsp3) is 1.00. The molecule has 3 aliphatic rings. The summed E-state index contributed by atoms with van der Waals surface area (Å²) in [6.45, 7) is 4.91. The van der Waals surface area contributed by atoms with Gasteiger partial charge in [-0.15, -0.1) is 0 Å². The summed E-state index contributed by atoms with van der Waals surface area (Å²) in [7, 11) is 0. The van der Waals surface area contributed by atoms with Gasteiger partial charge in [-0.25, -0.2) is 0 Å². The second-order valence-electron chi connectivity index (χ2n) is 5.98. The van der Waals surface area contributed by atoms with Gasteiger partial charge < -0.3 is 10.6 Å². The average molecular weight is 194 g/mol. The lowest BCUT2D eigenvalue weighted by Crippen LogP contribution is -2.34. The van der Waals surface area contributed by atoms with Crippen molar-refractivity contribution in [3.8, 4) is 0 Å². The van der Waals surface area contributed by atoms with Gasteiger partial charge in [0.1, 0.15) is 0 Å². The lowest BCUT2D eigenvalue weighted by molar-refractivity contribution is 0.367. The molecule has 1 aliphatic carbocycles. The van der Waals surface area contributed by atoms with Gasteiger partial charge in [0, 0.05) is 18.6 Å². The highest BCUT2D eigenvalue weighted by Gasteiger charge is 2.40. The Labute approximate surface area is 86.8 Å². The summed E-state index contributed by atoms with van der Waals surface area (Å²) in [5.74, 6) is 0.927. The molecule has 3 atom stereocenters. The number of hydrogen-bond donors (Lipinski definition) is 2. The van der Waals surface area contributed by atoms with Crippen LogP contribution in [0.3, 0.4) is 0 Å². The van der Waals surface area contributed by atoms with Gasteiger partial charge in [-0.1, -0.05) is 6.92 Å². The third-order valence-corrected chi connectivity index (χ3v) is 4.49. The van der Waals surface area contributed by atoms with Gasteiger partial charge in [0.15, 0.2) is 0 Å².